The summed E-state index contributed by atoms with van der Waals surface area (Å²) in [6.07, 6.45) is 0. The molecule has 6 heteroatoms. The molecule has 6 nitrogen and oxygen atoms in total. The minimum absolute atomic E-state index is 0.129. The van der Waals surface area contributed by atoms with Crippen LogP contribution in [0.25, 0.3) is 32.8 Å². The zero-order valence-corrected chi connectivity index (χ0v) is 16.3. The van der Waals surface area contributed by atoms with Crippen molar-refractivity contribution in [1.29, 1.82) is 0 Å². The zero-order valence-electron chi connectivity index (χ0n) is 16.3. The quantitative estimate of drug-likeness (QED) is 0.415. The van der Waals surface area contributed by atoms with Crippen LogP contribution in [-0.2, 0) is 0 Å². The summed E-state index contributed by atoms with van der Waals surface area (Å²) in [7, 11) is 5.85. The van der Waals surface area contributed by atoms with E-state index in [0.29, 0.717) is 23.1 Å². The lowest BCUT2D eigenvalue weighted by atomic mass is 10.1. The molecule has 4 aromatic rings. The van der Waals surface area contributed by atoms with E-state index in [1.54, 1.807) is 6.07 Å². The maximum atomic E-state index is 12.8. The molecule has 1 amide bonds. The summed E-state index contributed by atoms with van der Waals surface area (Å²) >= 11 is 0. The second-order valence-corrected chi connectivity index (χ2v) is 7.04. The Morgan fingerprint density at radius 2 is 1.75 bits per heavy atom. The van der Waals surface area contributed by atoms with E-state index in [1.807, 2.05) is 56.4 Å². The van der Waals surface area contributed by atoms with Crippen LogP contribution in [0.2, 0.25) is 0 Å². The van der Waals surface area contributed by atoms with Crippen LogP contribution >= 0.6 is 0 Å². The number of hydrogen-bond donors (Lipinski definition) is 2. The normalized spacial score (nSPS) is 11.4. The second kappa shape index (κ2) is 7.40. The van der Waals surface area contributed by atoms with Crippen LogP contribution in [0.5, 0.6) is 0 Å². The Hall–Kier alpha value is -3.25. The molecule has 0 saturated heterocycles. The second-order valence-electron chi connectivity index (χ2n) is 7.04. The van der Waals surface area contributed by atoms with Gasteiger partial charge in [-0.05, 0) is 43.7 Å². The molecule has 2 N–H and O–H groups in total. The topological polar surface area (TPSA) is 70.2 Å². The molecule has 0 saturated carbocycles. The SMILES string of the molecule is CNc1cccc2ccc3nc4cccc(C(=O)NCCN(C)C)c4nc3c12. The average Bonchev–Trinajstić information content (AvgIpc) is 2.70. The highest BCUT2D eigenvalue weighted by Gasteiger charge is 2.15. The molecule has 0 fully saturated rings. The maximum absolute atomic E-state index is 12.8. The van der Waals surface area contributed by atoms with Gasteiger partial charge in [0.15, 0.2) is 0 Å². The monoisotopic (exact) mass is 373 g/mol. The number of aromatic nitrogens is 2. The zero-order chi connectivity index (χ0) is 19.7. The first kappa shape index (κ1) is 18.1. The van der Waals surface area contributed by atoms with Gasteiger partial charge in [0.05, 0.1) is 22.1 Å². The fraction of sp³-hybridized carbons (Fsp3) is 0.227. The number of benzene rings is 3. The van der Waals surface area contributed by atoms with Gasteiger partial charge in [-0.15, -0.1) is 0 Å². The van der Waals surface area contributed by atoms with Crippen LogP contribution in [0, 0.1) is 0 Å². The first-order chi connectivity index (χ1) is 13.6. The van der Waals surface area contributed by atoms with Crippen molar-refractivity contribution in [3.63, 3.8) is 0 Å². The van der Waals surface area contributed by atoms with Gasteiger partial charge in [0.25, 0.3) is 5.91 Å². The van der Waals surface area contributed by atoms with Crippen LogP contribution in [0.4, 0.5) is 5.69 Å². The number of rotatable bonds is 5. The van der Waals surface area contributed by atoms with E-state index >= 15 is 0 Å². The van der Waals surface area contributed by atoms with E-state index in [9.17, 15) is 4.79 Å². The number of nitrogens with one attached hydrogen (secondary N) is 2. The molecule has 0 bridgehead atoms. The van der Waals surface area contributed by atoms with E-state index in [-0.39, 0.29) is 5.91 Å². The molecule has 142 valence electrons. The molecule has 1 aromatic heterocycles. The largest absolute Gasteiger partial charge is 0.388 e. The Balaban J connectivity index is 1.90. The number of carbonyl (C=O) groups is 1. The first-order valence-corrected chi connectivity index (χ1v) is 9.31. The third kappa shape index (κ3) is 3.23. The minimum Gasteiger partial charge on any atom is -0.388 e. The summed E-state index contributed by atoms with van der Waals surface area (Å²) < 4.78 is 0. The van der Waals surface area contributed by atoms with Gasteiger partial charge < -0.3 is 15.5 Å². The molecule has 0 aliphatic rings. The summed E-state index contributed by atoms with van der Waals surface area (Å²) in [5.74, 6) is -0.129. The number of carbonyl (C=O) groups excluding carboxylic acids is 1. The predicted octanol–water partition coefficient (Wildman–Crippen LogP) is 3.27. The van der Waals surface area contributed by atoms with E-state index in [0.717, 1.165) is 34.0 Å². The van der Waals surface area contributed by atoms with E-state index in [4.69, 9.17) is 9.97 Å². The molecule has 3 aromatic carbocycles. The van der Waals surface area contributed by atoms with Gasteiger partial charge in [0, 0.05) is 31.2 Å². The molecule has 28 heavy (non-hydrogen) atoms. The molecule has 4 rings (SSSR count). The van der Waals surface area contributed by atoms with Crippen molar-refractivity contribution in [2.75, 3.05) is 39.5 Å². The molecule has 0 atom stereocenters. The van der Waals surface area contributed by atoms with Crippen molar-refractivity contribution in [3.05, 3.63) is 54.1 Å². The van der Waals surface area contributed by atoms with Crippen molar-refractivity contribution < 1.29 is 4.79 Å². The number of hydrogen-bond acceptors (Lipinski definition) is 5. The van der Waals surface area contributed by atoms with Crippen LogP contribution < -0.4 is 10.6 Å². The van der Waals surface area contributed by atoms with Crippen molar-refractivity contribution >= 4 is 44.4 Å². The smallest absolute Gasteiger partial charge is 0.253 e. The van der Waals surface area contributed by atoms with Gasteiger partial charge in [0.1, 0.15) is 5.52 Å². The van der Waals surface area contributed by atoms with Gasteiger partial charge in [0.2, 0.25) is 0 Å². The standard InChI is InChI=1S/C22H23N5O/c1-23-16-8-4-6-14-10-11-18-21(19(14)16)26-20-15(7-5-9-17(20)25-18)22(28)24-12-13-27(2)3/h4-11,23H,12-13H2,1-3H3,(H,24,28). The third-order valence-corrected chi connectivity index (χ3v) is 4.83. The van der Waals surface area contributed by atoms with Crippen molar-refractivity contribution in [2.24, 2.45) is 0 Å². The summed E-state index contributed by atoms with van der Waals surface area (Å²) in [4.78, 5) is 24.5. The Labute approximate surface area is 163 Å². The fourth-order valence-electron chi connectivity index (χ4n) is 3.41. The lowest BCUT2D eigenvalue weighted by Crippen LogP contribution is -2.31. The molecule has 0 aliphatic heterocycles. The average molecular weight is 373 g/mol. The Morgan fingerprint density at radius 3 is 2.54 bits per heavy atom. The number of amides is 1. The molecule has 0 radical (unpaired) electrons. The molecular weight excluding hydrogens is 350 g/mol. The number of para-hydroxylation sites is 1. The Morgan fingerprint density at radius 1 is 0.964 bits per heavy atom. The highest BCUT2D eigenvalue weighted by atomic mass is 16.1. The number of fused-ring (bicyclic) bond motifs is 4. The van der Waals surface area contributed by atoms with E-state index in [2.05, 4.69) is 22.8 Å². The van der Waals surface area contributed by atoms with Crippen LogP contribution in [0.15, 0.2) is 48.5 Å². The van der Waals surface area contributed by atoms with Crippen molar-refractivity contribution in [2.45, 2.75) is 0 Å². The van der Waals surface area contributed by atoms with E-state index in [1.165, 1.54) is 0 Å². The summed E-state index contributed by atoms with van der Waals surface area (Å²) in [6.45, 7) is 1.36. The summed E-state index contributed by atoms with van der Waals surface area (Å²) in [5, 5.41) is 8.30. The third-order valence-electron chi connectivity index (χ3n) is 4.83. The highest BCUT2D eigenvalue weighted by Crippen LogP contribution is 2.31. The van der Waals surface area contributed by atoms with Crippen LogP contribution in [0.3, 0.4) is 0 Å². The molecule has 0 aliphatic carbocycles. The first-order valence-electron chi connectivity index (χ1n) is 9.31. The molecule has 1 heterocycles. The molecule has 0 unspecified atom stereocenters. The lowest BCUT2D eigenvalue weighted by molar-refractivity contribution is 0.0952. The lowest BCUT2D eigenvalue weighted by Gasteiger charge is -2.12. The summed E-state index contributed by atoms with van der Waals surface area (Å²) in [5.41, 5.74) is 4.48. The van der Waals surface area contributed by atoms with Crippen LogP contribution in [0.1, 0.15) is 10.4 Å². The van der Waals surface area contributed by atoms with Gasteiger partial charge in [-0.1, -0.05) is 24.3 Å². The Kier molecular flexibility index (Phi) is 4.79. The van der Waals surface area contributed by atoms with Gasteiger partial charge >= 0.3 is 0 Å². The van der Waals surface area contributed by atoms with Gasteiger partial charge in [-0.2, -0.15) is 0 Å². The van der Waals surface area contributed by atoms with Gasteiger partial charge in [-0.25, -0.2) is 9.97 Å². The van der Waals surface area contributed by atoms with Crippen molar-refractivity contribution in [3.8, 4) is 0 Å². The van der Waals surface area contributed by atoms with E-state index < -0.39 is 0 Å². The number of anilines is 1. The number of nitrogens with zero attached hydrogens (tertiary/aromatic N) is 3. The van der Waals surface area contributed by atoms with Crippen LogP contribution in [-0.4, -0.2) is 55.0 Å². The van der Waals surface area contributed by atoms with Gasteiger partial charge in [-0.3, -0.25) is 4.79 Å². The molecule has 0 spiro atoms. The highest BCUT2D eigenvalue weighted by molar-refractivity contribution is 6.13. The number of likely N-dealkylation sites (N-methyl/N-ethyl adjacent to an activating group) is 1. The van der Waals surface area contributed by atoms with Crippen molar-refractivity contribution in [1.82, 2.24) is 20.2 Å². The summed E-state index contributed by atoms with van der Waals surface area (Å²) in [6, 6.07) is 15.7. The molecular formula is C22H23N5O. The Bertz CT molecular complexity index is 1190. The maximum Gasteiger partial charge on any atom is 0.253 e. The fourth-order valence-corrected chi connectivity index (χ4v) is 3.41. The minimum atomic E-state index is -0.129. The predicted molar refractivity (Wildman–Crippen MR) is 115 cm³/mol.